The minimum absolute atomic E-state index is 0.176. The Bertz CT molecular complexity index is 384. The quantitative estimate of drug-likeness (QED) is 0.764. The van der Waals surface area contributed by atoms with E-state index in [9.17, 15) is 14.4 Å². The van der Waals surface area contributed by atoms with Crippen molar-refractivity contribution < 1.29 is 19.5 Å². The van der Waals surface area contributed by atoms with Gasteiger partial charge in [0.15, 0.2) is 0 Å². The molecule has 0 unspecified atom stereocenters. The van der Waals surface area contributed by atoms with Gasteiger partial charge in [0.2, 0.25) is 11.8 Å². The fraction of sp³-hybridized carbons (Fsp3) is 0.769. The molecule has 0 aromatic rings. The summed E-state index contributed by atoms with van der Waals surface area (Å²) in [5, 5.41) is 11.2. The molecule has 0 spiro atoms. The summed E-state index contributed by atoms with van der Waals surface area (Å²) in [6, 6.07) is -0.862. The van der Waals surface area contributed by atoms with Crippen LogP contribution in [0.15, 0.2) is 0 Å². The van der Waals surface area contributed by atoms with Gasteiger partial charge in [-0.25, -0.2) is 0 Å². The van der Waals surface area contributed by atoms with Crippen molar-refractivity contribution in [3.05, 3.63) is 0 Å². The van der Waals surface area contributed by atoms with E-state index < -0.39 is 12.0 Å². The second-order valence-corrected chi connectivity index (χ2v) is 5.44. The Balaban J connectivity index is 1.77. The van der Waals surface area contributed by atoms with Crippen molar-refractivity contribution in [1.82, 2.24) is 10.2 Å². The molecule has 106 valence electrons. The van der Waals surface area contributed by atoms with Crippen molar-refractivity contribution >= 4 is 17.8 Å². The maximum Gasteiger partial charge on any atom is 0.325 e. The molecule has 19 heavy (non-hydrogen) atoms. The van der Waals surface area contributed by atoms with Crippen LogP contribution in [0, 0.1) is 11.8 Å². The highest BCUT2D eigenvalue weighted by atomic mass is 16.4. The molecule has 1 aliphatic heterocycles. The Morgan fingerprint density at radius 3 is 2.16 bits per heavy atom. The van der Waals surface area contributed by atoms with Crippen molar-refractivity contribution in [3.63, 3.8) is 0 Å². The van der Waals surface area contributed by atoms with E-state index in [2.05, 4.69) is 5.32 Å². The number of likely N-dealkylation sites (tertiary alicyclic amines) is 1. The van der Waals surface area contributed by atoms with Crippen LogP contribution in [0.3, 0.4) is 0 Å². The van der Waals surface area contributed by atoms with Gasteiger partial charge in [0.25, 0.3) is 0 Å². The molecule has 1 aliphatic carbocycles. The van der Waals surface area contributed by atoms with E-state index in [1.165, 1.54) is 6.92 Å². The summed E-state index contributed by atoms with van der Waals surface area (Å²) in [5.74, 6) is -0.983. The average molecular weight is 268 g/mol. The number of aliphatic carboxylic acids is 1. The highest BCUT2D eigenvalue weighted by Gasteiger charge is 2.36. The van der Waals surface area contributed by atoms with Gasteiger partial charge in [-0.3, -0.25) is 14.4 Å². The van der Waals surface area contributed by atoms with Gasteiger partial charge in [0, 0.05) is 24.9 Å². The molecular weight excluding hydrogens is 248 g/mol. The second kappa shape index (κ2) is 5.59. The molecule has 6 nitrogen and oxygen atoms in total. The maximum atomic E-state index is 11.9. The largest absolute Gasteiger partial charge is 0.480 e. The number of carbonyl (C=O) groups excluding carboxylic acids is 2. The first-order valence-corrected chi connectivity index (χ1v) is 6.81. The fourth-order valence-corrected chi connectivity index (χ4v) is 2.34. The lowest BCUT2D eigenvalue weighted by atomic mass is 9.95. The van der Waals surface area contributed by atoms with Crippen LogP contribution in [-0.4, -0.2) is 46.9 Å². The first kappa shape index (κ1) is 13.8. The second-order valence-electron chi connectivity index (χ2n) is 5.44. The minimum atomic E-state index is -1.03. The number of amides is 2. The summed E-state index contributed by atoms with van der Waals surface area (Å²) in [5.41, 5.74) is 0. The van der Waals surface area contributed by atoms with Gasteiger partial charge in [-0.05, 0) is 32.6 Å². The van der Waals surface area contributed by atoms with Crippen molar-refractivity contribution in [2.45, 2.75) is 38.6 Å². The third kappa shape index (κ3) is 3.45. The minimum Gasteiger partial charge on any atom is -0.480 e. The van der Waals surface area contributed by atoms with Crippen LogP contribution in [0.4, 0.5) is 0 Å². The molecular formula is C13H20N2O4. The third-order valence-corrected chi connectivity index (χ3v) is 3.83. The molecule has 0 aromatic carbocycles. The summed E-state index contributed by atoms with van der Waals surface area (Å²) in [4.78, 5) is 36.2. The van der Waals surface area contributed by atoms with Crippen LogP contribution in [-0.2, 0) is 14.4 Å². The highest BCUT2D eigenvalue weighted by molar-refractivity contribution is 5.85. The summed E-state index contributed by atoms with van der Waals surface area (Å²) in [6.07, 6.45) is 3.23. The first-order chi connectivity index (χ1) is 8.99. The number of nitrogens with zero attached hydrogens (tertiary/aromatic N) is 1. The number of piperidine rings is 1. The first-order valence-electron chi connectivity index (χ1n) is 6.81. The number of carboxylic acids is 1. The summed E-state index contributed by atoms with van der Waals surface area (Å²) < 4.78 is 0. The number of carbonyl (C=O) groups is 3. The van der Waals surface area contributed by atoms with Gasteiger partial charge in [0.05, 0.1) is 0 Å². The van der Waals surface area contributed by atoms with Gasteiger partial charge in [-0.2, -0.15) is 0 Å². The predicted octanol–water partition coefficient (Wildman–Crippen LogP) is 0.224. The Kier molecular flexibility index (Phi) is 4.07. The molecule has 2 N–H and O–H groups in total. The molecule has 1 saturated carbocycles. The lowest BCUT2D eigenvalue weighted by Crippen LogP contribution is -2.46. The molecule has 1 saturated heterocycles. The van der Waals surface area contributed by atoms with E-state index in [0.717, 1.165) is 12.8 Å². The summed E-state index contributed by atoms with van der Waals surface area (Å²) in [6.45, 7) is 2.66. The van der Waals surface area contributed by atoms with E-state index in [-0.39, 0.29) is 23.7 Å². The van der Waals surface area contributed by atoms with Gasteiger partial charge >= 0.3 is 5.97 Å². The topological polar surface area (TPSA) is 86.7 Å². The lowest BCUT2D eigenvalue weighted by molar-refractivity contribution is -0.142. The number of carboxylic acid groups (broad SMARTS) is 1. The number of nitrogens with one attached hydrogen (secondary N) is 1. The third-order valence-electron chi connectivity index (χ3n) is 3.83. The van der Waals surface area contributed by atoms with E-state index in [4.69, 9.17) is 5.11 Å². The van der Waals surface area contributed by atoms with Crippen LogP contribution >= 0.6 is 0 Å². The van der Waals surface area contributed by atoms with Crippen LogP contribution in [0.25, 0.3) is 0 Å². The smallest absolute Gasteiger partial charge is 0.325 e. The zero-order valence-electron chi connectivity index (χ0n) is 11.1. The molecule has 6 heteroatoms. The lowest BCUT2D eigenvalue weighted by Gasteiger charge is -2.31. The highest BCUT2D eigenvalue weighted by Crippen LogP contribution is 2.32. The molecule has 1 heterocycles. The molecule has 2 aliphatic rings. The van der Waals surface area contributed by atoms with E-state index in [1.807, 2.05) is 4.90 Å². The van der Waals surface area contributed by atoms with E-state index in [1.54, 1.807) is 0 Å². The fourth-order valence-electron chi connectivity index (χ4n) is 2.34. The average Bonchev–Trinajstić information content (AvgIpc) is 3.22. The summed E-state index contributed by atoms with van der Waals surface area (Å²) in [7, 11) is 0. The van der Waals surface area contributed by atoms with Crippen LogP contribution < -0.4 is 5.32 Å². The van der Waals surface area contributed by atoms with Gasteiger partial charge in [-0.15, -0.1) is 0 Å². The van der Waals surface area contributed by atoms with E-state index in [0.29, 0.717) is 25.9 Å². The molecule has 2 rings (SSSR count). The Morgan fingerprint density at radius 1 is 1.11 bits per heavy atom. The van der Waals surface area contributed by atoms with Gasteiger partial charge < -0.3 is 15.3 Å². The molecule has 1 atom stereocenters. The SMILES string of the molecule is C[C@@H](NC(=O)C1CCN(C(=O)C2CC2)CC1)C(=O)O. The summed E-state index contributed by atoms with van der Waals surface area (Å²) >= 11 is 0. The van der Waals surface area contributed by atoms with Crippen LogP contribution in [0.1, 0.15) is 32.6 Å². The normalized spacial score (nSPS) is 21.8. The molecule has 0 radical (unpaired) electrons. The van der Waals surface area contributed by atoms with Crippen molar-refractivity contribution in [2.24, 2.45) is 11.8 Å². The number of hydrogen-bond donors (Lipinski definition) is 2. The number of hydrogen-bond acceptors (Lipinski definition) is 3. The standard InChI is InChI=1S/C13H20N2O4/c1-8(13(18)19)14-11(16)9-4-6-15(7-5-9)12(17)10-2-3-10/h8-10H,2-7H2,1H3,(H,14,16)(H,18,19)/t8-/m1/s1. The van der Waals surface area contributed by atoms with Gasteiger partial charge in [-0.1, -0.05) is 0 Å². The molecule has 2 fully saturated rings. The molecule has 0 bridgehead atoms. The zero-order chi connectivity index (χ0) is 14.0. The zero-order valence-corrected chi connectivity index (χ0v) is 11.1. The van der Waals surface area contributed by atoms with Crippen LogP contribution in [0.5, 0.6) is 0 Å². The van der Waals surface area contributed by atoms with Crippen LogP contribution in [0.2, 0.25) is 0 Å². The Labute approximate surface area is 112 Å². The number of rotatable bonds is 4. The monoisotopic (exact) mass is 268 g/mol. The van der Waals surface area contributed by atoms with E-state index >= 15 is 0 Å². The van der Waals surface area contributed by atoms with Crippen molar-refractivity contribution in [1.29, 1.82) is 0 Å². The maximum absolute atomic E-state index is 11.9. The molecule has 0 aromatic heterocycles. The molecule has 2 amide bonds. The predicted molar refractivity (Wildman–Crippen MR) is 67.3 cm³/mol. The van der Waals surface area contributed by atoms with Crippen molar-refractivity contribution in [2.75, 3.05) is 13.1 Å². The Hall–Kier alpha value is -1.59. The van der Waals surface area contributed by atoms with Gasteiger partial charge in [0.1, 0.15) is 6.04 Å². The Morgan fingerprint density at radius 2 is 1.68 bits per heavy atom. The van der Waals surface area contributed by atoms with Crippen molar-refractivity contribution in [3.8, 4) is 0 Å².